The Bertz CT molecular complexity index is 878. The van der Waals surface area contributed by atoms with Gasteiger partial charge in [-0.15, -0.1) is 0 Å². The highest BCUT2D eigenvalue weighted by molar-refractivity contribution is 5.91. The van der Waals surface area contributed by atoms with Crippen LogP contribution in [0.15, 0.2) is 61.1 Å². The maximum Gasteiger partial charge on any atom is 0.273 e. The number of carbonyl (C=O) groups is 1. The third-order valence-corrected chi connectivity index (χ3v) is 3.17. The largest absolute Gasteiger partial charge is 0.484 e. The molecule has 9 heteroatoms. The number of nitro groups is 1. The maximum absolute atomic E-state index is 11.9. The molecule has 1 N–H and O–H groups in total. The lowest BCUT2D eigenvalue weighted by molar-refractivity contribution is -0.384. The monoisotopic (exact) mass is 339 g/mol. The first kappa shape index (κ1) is 16.1. The molecule has 0 saturated heterocycles. The Morgan fingerprint density at radius 3 is 2.84 bits per heavy atom. The molecule has 0 fully saturated rings. The number of nitrogens with zero attached hydrogens (tertiary/aromatic N) is 4. The number of nitro benzene ring substituents is 1. The van der Waals surface area contributed by atoms with Gasteiger partial charge < -0.3 is 10.1 Å². The Morgan fingerprint density at radius 2 is 2.16 bits per heavy atom. The van der Waals surface area contributed by atoms with Crippen LogP contribution in [-0.4, -0.2) is 32.2 Å². The molecule has 2 aromatic heterocycles. The van der Waals surface area contributed by atoms with Gasteiger partial charge in [0.1, 0.15) is 5.75 Å². The van der Waals surface area contributed by atoms with Crippen molar-refractivity contribution in [2.24, 2.45) is 0 Å². The summed E-state index contributed by atoms with van der Waals surface area (Å²) in [5.41, 5.74) is 0.403. The summed E-state index contributed by atoms with van der Waals surface area (Å²) in [4.78, 5) is 26.3. The van der Waals surface area contributed by atoms with Gasteiger partial charge in [-0.3, -0.25) is 14.9 Å². The molecule has 2 heterocycles. The minimum atomic E-state index is -0.528. The Hall–Kier alpha value is -3.75. The standard InChI is InChI=1S/C16H13N5O4/c22-16(11-25-14-4-1-3-13(9-14)21(23)24)19-12-5-6-15(17-10-12)20-8-2-7-18-20/h1-10H,11H2,(H,19,22). The molecule has 0 saturated carbocycles. The molecule has 1 aromatic carbocycles. The zero-order valence-electron chi connectivity index (χ0n) is 12.9. The van der Waals surface area contributed by atoms with Crippen molar-refractivity contribution in [1.29, 1.82) is 0 Å². The first-order chi connectivity index (χ1) is 12.1. The molecule has 3 rings (SSSR count). The fourth-order valence-electron chi connectivity index (χ4n) is 2.03. The molecule has 126 valence electrons. The molecule has 3 aromatic rings. The van der Waals surface area contributed by atoms with Gasteiger partial charge >= 0.3 is 0 Å². The van der Waals surface area contributed by atoms with E-state index in [1.54, 1.807) is 41.3 Å². The van der Waals surface area contributed by atoms with Gasteiger partial charge in [-0.05, 0) is 24.3 Å². The summed E-state index contributed by atoms with van der Waals surface area (Å²) in [6, 6.07) is 10.8. The molecule has 1 amide bonds. The lowest BCUT2D eigenvalue weighted by Crippen LogP contribution is -2.20. The number of pyridine rings is 1. The fourth-order valence-corrected chi connectivity index (χ4v) is 2.03. The van der Waals surface area contributed by atoms with E-state index >= 15 is 0 Å². The molecule has 0 atom stereocenters. The summed E-state index contributed by atoms with van der Waals surface area (Å²) >= 11 is 0. The Labute approximate surface area is 142 Å². The molecular weight excluding hydrogens is 326 g/mol. The minimum Gasteiger partial charge on any atom is -0.484 e. The summed E-state index contributed by atoms with van der Waals surface area (Å²) in [5.74, 6) is 0.465. The van der Waals surface area contributed by atoms with E-state index in [2.05, 4.69) is 15.4 Å². The van der Waals surface area contributed by atoms with E-state index in [9.17, 15) is 14.9 Å². The predicted octanol–water partition coefficient (Wildman–Crippen LogP) is 2.19. The number of benzene rings is 1. The van der Waals surface area contributed by atoms with Crippen LogP contribution in [0, 0.1) is 10.1 Å². The van der Waals surface area contributed by atoms with E-state index in [4.69, 9.17) is 4.74 Å². The zero-order chi connectivity index (χ0) is 17.6. The lowest BCUT2D eigenvalue weighted by atomic mass is 10.3. The number of ether oxygens (including phenoxy) is 1. The van der Waals surface area contributed by atoms with Crippen molar-refractivity contribution >= 4 is 17.3 Å². The average molecular weight is 339 g/mol. The second-order valence-corrected chi connectivity index (χ2v) is 4.95. The zero-order valence-corrected chi connectivity index (χ0v) is 12.9. The average Bonchev–Trinajstić information content (AvgIpc) is 3.15. The third kappa shape index (κ3) is 4.16. The Balaban J connectivity index is 1.56. The number of amides is 1. The highest BCUT2D eigenvalue weighted by Crippen LogP contribution is 2.19. The lowest BCUT2D eigenvalue weighted by Gasteiger charge is -2.08. The van der Waals surface area contributed by atoms with Crippen molar-refractivity contribution in [2.45, 2.75) is 0 Å². The van der Waals surface area contributed by atoms with Crippen molar-refractivity contribution in [3.63, 3.8) is 0 Å². The Kier molecular flexibility index (Phi) is 4.65. The summed E-state index contributed by atoms with van der Waals surface area (Å²) in [5, 5.41) is 17.4. The van der Waals surface area contributed by atoms with Gasteiger partial charge in [-0.2, -0.15) is 5.10 Å². The molecule has 25 heavy (non-hydrogen) atoms. The number of nitrogens with one attached hydrogen (secondary N) is 1. The first-order valence-electron chi connectivity index (χ1n) is 7.25. The smallest absolute Gasteiger partial charge is 0.273 e. The molecule has 0 aliphatic carbocycles. The van der Waals surface area contributed by atoms with E-state index in [0.29, 0.717) is 11.5 Å². The van der Waals surface area contributed by atoms with Gasteiger partial charge in [0.25, 0.3) is 11.6 Å². The minimum absolute atomic E-state index is 0.101. The molecule has 0 spiro atoms. The number of rotatable bonds is 6. The van der Waals surface area contributed by atoms with Crippen molar-refractivity contribution in [3.8, 4) is 11.6 Å². The summed E-state index contributed by atoms with van der Waals surface area (Å²) in [6.45, 7) is -0.276. The Morgan fingerprint density at radius 1 is 1.28 bits per heavy atom. The molecule has 0 bridgehead atoms. The molecule has 9 nitrogen and oxygen atoms in total. The van der Waals surface area contributed by atoms with Gasteiger partial charge in [-0.25, -0.2) is 9.67 Å². The van der Waals surface area contributed by atoms with Gasteiger partial charge in [0.15, 0.2) is 12.4 Å². The summed E-state index contributed by atoms with van der Waals surface area (Å²) < 4.78 is 6.86. The van der Waals surface area contributed by atoms with E-state index in [1.165, 1.54) is 24.4 Å². The second-order valence-electron chi connectivity index (χ2n) is 4.95. The van der Waals surface area contributed by atoms with E-state index in [0.717, 1.165) is 0 Å². The normalized spacial score (nSPS) is 10.2. The van der Waals surface area contributed by atoms with E-state index in [1.807, 2.05) is 0 Å². The SMILES string of the molecule is O=C(COc1cccc([N+](=O)[O-])c1)Nc1ccc(-n2cccn2)nc1. The summed E-state index contributed by atoms with van der Waals surface area (Å²) in [7, 11) is 0. The van der Waals surface area contributed by atoms with Crippen LogP contribution in [0.1, 0.15) is 0 Å². The van der Waals surface area contributed by atoms with Crippen LogP contribution < -0.4 is 10.1 Å². The first-order valence-corrected chi connectivity index (χ1v) is 7.25. The van der Waals surface area contributed by atoms with Gasteiger partial charge in [-0.1, -0.05) is 6.07 Å². The maximum atomic E-state index is 11.9. The van der Waals surface area contributed by atoms with E-state index in [-0.39, 0.29) is 18.0 Å². The van der Waals surface area contributed by atoms with E-state index < -0.39 is 10.8 Å². The quantitative estimate of drug-likeness (QED) is 0.544. The van der Waals surface area contributed by atoms with Crippen molar-refractivity contribution < 1.29 is 14.5 Å². The van der Waals surface area contributed by atoms with Crippen LogP contribution >= 0.6 is 0 Å². The van der Waals surface area contributed by atoms with Gasteiger partial charge in [0, 0.05) is 18.5 Å². The molecule has 0 aliphatic heterocycles. The number of hydrogen-bond acceptors (Lipinski definition) is 6. The topological polar surface area (TPSA) is 112 Å². The number of non-ortho nitro benzene ring substituents is 1. The predicted molar refractivity (Wildman–Crippen MR) is 88.6 cm³/mol. The second kappa shape index (κ2) is 7.21. The number of anilines is 1. The molecule has 0 aliphatic rings. The number of aromatic nitrogens is 3. The molecular formula is C16H13N5O4. The van der Waals surface area contributed by atoms with Crippen LogP contribution in [0.25, 0.3) is 5.82 Å². The van der Waals surface area contributed by atoms with Crippen LogP contribution in [0.5, 0.6) is 5.75 Å². The van der Waals surface area contributed by atoms with Crippen LogP contribution in [-0.2, 0) is 4.79 Å². The fraction of sp³-hybridized carbons (Fsp3) is 0.0625. The van der Waals surface area contributed by atoms with Gasteiger partial charge in [0.05, 0.1) is 22.9 Å². The molecule has 0 unspecified atom stereocenters. The van der Waals surface area contributed by atoms with Gasteiger partial charge in [0.2, 0.25) is 0 Å². The third-order valence-electron chi connectivity index (χ3n) is 3.17. The van der Waals surface area contributed by atoms with Crippen LogP contribution in [0.3, 0.4) is 0 Å². The van der Waals surface area contributed by atoms with Crippen LogP contribution in [0.4, 0.5) is 11.4 Å². The summed E-state index contributed by atoms with van der Waals surface area (Å²) in [6.07, 6.45) is 4.90. The number of hydrogen-bond donors (Lipinski definition) is 1. The highest BCUT2D eigenvalue weighted by Gasteiger charge is 2.09. The molecule has 0 radical (unpaired) electrons. The highest BCUT2D eigenvalue weighted by atomic mass is 16.6. The number of carbonyl (C=O) groups excluding carboxylic acids is 1. The van der Waals surface area contributed by atoms with Crippen LogP contribution in [0.2, 0.25) is 0 Å². The van der Waals surface area contributed by atoms with Crippen molar-refractivity contribution in [1.82, 2.24) is 14.8 Å². The van der Waals surface area contributed by atoms with Crippen molar-refractivity contribution in [3.05, 3.63) is 71.2 Å². The van der Waals surface area contributed by atoms with Crippen molar-refractivity contribution in [2.75, 3.05) is 11.9 Å².